The lowest BCUT2D eigenvalue weighted by molar-refractivity contribution is -0.145. The number of nitrogens with two attached hydrogens (primary N) is 1. The summed E-state index contributed by atoms with van der Waals surface area (Å²) in [7, 11) is 0. The fourth-order valence-corrected chi connectivity index (χ4v) is 3.05. The summed E-state index contributed by atoms with van der Waals surface area (Å²) in [6.45, 7) is 4.64. The van der Waals surface area contributed by atoms with Gasteiger partial charge >= 0.3 is 34.2 Å². The number of carbonyl (C=O) groups is 3. The summed E-state index contributed by atoms with van der Waals surface area (Å²) < 4.78 is 41.9. The lowest BCUT2D eigenvalue weighted by atomic mass is 10.3. The van der Waals surface area contributed by atoms with Gasteiger partial charge in [0.15, 0.2) is 54.4 Å². The second kappa shape index (κ2) is 19.5. The van der Waals surface area contributed by atoms with E-state index in [-0.39, 0.29) is 60.8 Å². The Hall–Kier alpha value is -3.61. The van der Waals surface area contributed by atoms with E-state index in [1.54, 1.807) is 0 Å². The molecule has 19 heteroatoms. The lowest BCUT2D eigenvalue weighted by Gasteiger charge is -2.03. The van der Waals surface area contributed by atoms with Crippen LogP contribution in [0.5, 0.6) is 0 Å². The van der Waals surface area contributed by atoms with Gasteiger partial charge in [-0.2, -0.15) is 12.6 Å². The molecule has 0 aliphatic carbocycles. The number of halogens is 1. The fraction of sp³-hybridized carbons (Fsp3) is 0.478. The van der Waals surface area contributed by atoms with Crippen LogP contribution in [0.4, 0.5) is 9.59 Å². The quantitative estimate of drug-likeness (QED) is 0.0984. The molecule has 0 bridgehead atoms. The second-order valence-electron chi connectivity index (χ2n) is 7.49. The molecule has 0 amide bonds. The first-order valence-corrected chi connectivity index (χ1v) is 13.7. The minimum Gasteiger partial charge on any atom is -0.457 e. The number of ether oxygens (including phenoxy) is 3. The Labute approximate surface area is 251 Å². The molecule has 0 aliphatic rings. The Morgan fingerprint density at radius 2 is 1.17 bits per heavy atom. The van der Waals surface area contributed by atoms with Crippen molar-refractivity contribution in [3.05, 3.63) is 66.4 Å². The zero-order valence-electron chi connectivity index (χ0n) is 22.6. The maximum absolute atomic E-state index is 11.6. The Morgan fingerprint density at radius 3 is 1.52 bits per heavy atom. The smallest absolute Gasteiger partial charge is 0.457 e. The van der Waals surface area contributed by atoms with Gasteiger partial charge in [0.2, 0.25) is 0 Å². The summed E-state index contributed by atoms with van der Waals surface area (Å²) >= 11 is 9.55. The van der Waals surface area contributed by atoms with Gasteiger partial charge < -0.3 is 46.4 Å². The van der Waals surface area contributed by atoms with Crippen molar-refractivity contribution < 1.29 is 55.1 Å². The molecule has 0 aromatic carbocycles. The third-order valence-electron chi connectivity index (χ3n) is 4.38. The lowest BCUT2D eigenvalue weighted by Crippen LogP contribution is -2.06. The normalized spacial score (nSPS) is 10.1. The molecule has 0 spiro atoms. The molecule has 0 unspecified atom stereocenters. The molecular weight excluding hydrogens is 630 g/mol. The molecule has 0 aliphatic heterocycles. The SMILES string of the molecule is Cc1oc(=O)oc1COC(=O)CCCSC(=O)OCc1oc(=O)oc1C.Cc1oc(=O)oc1COC(=O)Cl.NCCS. The van der Waals surface area contributed by atoms with Gasteiger partial charge in [-0.15, -0.1) is 0 Å². The second-order valence-corrected chi connectivity index (χ2v) is 9.28. The van der Waals surface area contributed by atoms with Crippen LogP contribution in [0.15, 0.2) is 40.9 Å². The minimum atomic E-state index is -0.960. The van der Waals surface area contributed by atoms with E-state index in [4.69, 9.17) is 35.6 Å². The number of hydrogen-bond donors (Lipinski definition) is 2. The van der Waals surface area contributed by atoms with Gasteiger partial charge in [0, 0.05) is 36.1 Å². The highest BCUT2D eigenvalue weighted by atomic mass is 35.5. The van der Waals surface area contributed by atoms with Gasteiger partial charge in [-0.3, -0.25) is 4.79 Å². The minimum absolute atomic E-state index is 0.0805. The monoisotopic (exact) mass is 657 g/mol. The van der Waals surface area contributed by atoms with E-state index >= 15 is 0 Å². The maximum Gasteiger partial charge on any atom is 0.519 e. The Bertz CT molecular complexity index is 1370. The highest BCUT2D eigenvalue weighted by Gasteiger charge is 2.14. The van der Waals surface area contributed by atoms with Crippen LogP contribution >= 0.6 is 36.0 Å². The summed E-state index contributed by atoms with van der Waals surface area (Å²) in [6.07, 6.45) is 0.462. The van der Waals surface area contributed by atoms with Crippen LogP contribution in [0, 0.1) is 20.8 Å². The first kappa shape index (κ1) is 36.4. The average molecular weight is 658 g/mol. The number of rotatable bonds is 11. The first-order valence-electron chi connectivity index (χ1n) is 11.7. The van der Waals surface area contributed by atoms with Crippen LogP contribution in [0.2, 0.25) is 0 Å². The third-order valence-corrected chi connectivity index (χ3v) is 5.60. The van der Waals surface area contributed by atoms with E-state index < -0.39 is 34.2 Å². The molecule has 3 aromatic rings. The van der Waals surface area contributed by atoms with Gasteiger partial charge in [0.25, 0.3) is 0 Å². The van der Waals surface area contributed by atoms with E-state index in [1.807, 2.05) is 0 Å². The molecule has 16 nitrogen and oxygen atoms in total. The number of thiol groups is 1. The summed E-state index contributed by atoms with van der Waals surface area (Å²) in [6, 6.07) is 0. The molecule has 0 fully saturated rings. The number of esters is 1. The van der Waals surface area contributed by atoms with Crippen molar-refractivity contribution in [1.29, 1.82) is 0 Å². The summed E-state index contributed by atoms with van der Waals surface area (Å²) in [4.78, 5) is 65.4. The van der Waals surface area contributed by atoms with Crippen molar-refractivity contribution >= 4 is 52.7 Å². The van der Waals surface area contributed by atoms with Crippen LogP contribution in [0.1, 0.15) is 47.4 Å². The molecule has 234 valence electrons. The standard InChI is InChI=1S/C15H16O10S.C6H5ClO5.C2H7NS/c1-8-10(24-13(17)22-8)6-20-12(16)4-3-5-26-15(19)21-7-11-9(2)23-14(18)25-11;1-3-4(2-10-5(7)8)12-6(9)11-3;3-1-2-4/h3-7H2,1-2H3;2H2,1H3;4H,1-3H2. The van der Waals surface area contributed by atoms with Gasteiger partial charge in [-0.05, 0) is 39.0 Å². The van der Waals surface area contributed by atoms with Crippen LogP contribution in [-0.4, -0.2) is 34.7 Å². The zero-order valence-corrected chi connectivity index (χ0v) is 25.1. The highest BCUT2D eigenvalue weighted by Crippen LogP contribution is 2.14. The van der Waals surface area contributed by atoms with E-state index in [0.29, 0.717) is 18.7 Å². The van der Waals surface area contributed by atoms with Crippen LogP contribution < -0.4 is 23.2 Å². The van der Waals surface area contributed by atoms with Gasteiger partial charge in [0.1, 0.15) is 0 Å². The van der Waals surface area contributed by atoms with Crippen molar-refractivity contribution in [2.45, 2.75) is 53.4 Å². The third kappa shape index (κ3) is 14.9. The van der Waals surface area contributed by atoms with Crippen molar-refractivity contribution in [2.75, 3.05) is 18.1 Å². The van der Waals surface area contributed by atoms with E-state index in [9.17, 15) is 28.8 Å². The van der Waals surface area contributed by atoms with Crippen molar-refractivity contribution in [3.8, 4) is 0 Å². The fourth-order valence-electron chi connectivity index (χ4n) is 2.40. The topological polar surface area (TPSA) is 235 Å². The summed E-state index contributed by atoms with van der Waals surface area (Å²) in [5.74, 6) is -0.668. The summed E-state index contributed by atoms with van der Waals surface area (Å²) in [5, 5.41) is -0.572. The molecule has 0 saturated heterocycles. The van der Waals surface area contributed by atoms with Crippen molar-refractivity contribution in [3.63, 3.8) is 0 Å². The van der Waals surface area contributed by atoms with Gasteiger partial charge in [0.05, 0.1) is 0 Å². The molecule has 42 heavy (non-hydrogen) atoms. The largest absolute Gasteiger partial charge is 0.519 e. The molecule has 3 heterocycles. The number of carbonyl (C=O) groups excluding carboxylic acids is 3. The Morgan fingerprint density at radius 1 is 0.762 bits per heavy atom. The first-order chi connectivity index (χ1) is 19.9. The molecule has 3 rings (SSSR count). The van der Waals surface area contributed by atoms with Crippen LogP contribution in [0.3, 0.4) is 0 Å². The average Bonchev–Trinajstić information content (AvgIpc) is 3.56. The molecule has 2 N–H and O–H groups in total. The van der Waals surface area contributed by atoms with Gasteiger partial charge in [-0.1, -0.05) is 0 Å². The molecule has 0 radical (unpaired) electrons. The van der Waals surface area contributed by atoms with Gasteiger partial charge in [-0.25, -0.2) is 24.0 Å². The zero-order chi connectivity index (χ0) is 31.7. The molecule has 0 saturated carbocycles. The molecule has 0 atom stereocenters. The maximum atomic E-state index is 11.6. The van der Waals surface area contributed by atoms with Crippen molar-refractivity contribution in [2.24, 2.45) is 5.73 Å². The Balaban J connectivity index is 0.000000455. The number of aryl methyl sites for hydroxylation is 3. The van der Waals surface area contributed by atoms with Crippen molar-refractivity contribution in [1.82, 2.24) is 0 Å². The Kier molecular flexibility index (Phi) is 16.9. The predicted octanol–water partition coefficient (Wildman–Crippen LogP) is 3.58. The number of thioether (sulfide) groups is 1. The van der Waals surface area contributed by atoms with Crippen LogP contribution in [0.25, 0.3) is 0 Å². The summed E-state index contributed by atoms with van der Waals surface area (Å²) in [5.41, 5.74) is 3.99. The van der Waals surface area contributed by atoms with E-state index in [0.717, 1.165) is 17.5 Å². The molecule has 3 aromatic heterocycles. The van der Waals surface area contributed by atoms with Crippen LogP contribution in [-0.2, 0) is 38.8 Å². The molecular formula is C23H28ClNO15S2. The van der Waals surface area contributed by atoms with E-state index in [1.165, 1.54) is 20.8 Å². The van der Waals surface area contributed by atoms with E-state index in [2.05, 4.69) is 35.0 Å². The number of hydrogen-bond acceptors (Lipinski definition) is 18. The highest BCUT2D eigenvalue weighted by molar-refractivity contribution is 8.13. The predicted molar refractivity (Wildman–Crippen MR) is 147 cm³/mol.